The quantitative estimate of drug-likeness (QED) is 0.856. The molecule has 0 aliphatic heterocycles. The summed E-state index contributed by atoms with van der Waals surface area (Å²) >= 11 is 1.78. The molecule has 1 N–H and O–H groups in total. The zero-order chi connectivity index (χ0) is 14.5. The molecule has 0 spiro atoms. The van der Waals surface area contributed by atoms with Gasteiger partial charge in [0.1, 0.15) is 0 Å². The molecule has 3 heteroatoms. The Labute approximate surface area is 130 Å². The first-order valence-corrected chi connectivity index (χ1v) is 8.33. The van der Waals surface area contributed by atoms with Crippen molar-refractivity contribution in [3.63, 3.8) is 0 Å². The molecule has 2 unspecified atom stereocenters. The summed E-state index contributed by atoms with van der Waals surface area (Å²) in [6.07, 6.45) is 16.4. The molecule has 0 saturated heterocycles. The molecular formula is C18H21NOS. The van der Waals surface area contributed by atoms with Crippen LogP contribution in [0, 0.1) is 5.92 Å². The summed E-state index contributed by atoms with van der Waals surface area (Å²) in [6.45, 7) is 0.960. The second-order valence-corrected chi connectivity index (χ2v) is 6.30. The van der Waals surface area contributed by atoms with E-state index in [0.29, 0.717) is 5.92 Å². The van der Waals surface area contributed by atoms with E-state index in [9.17, 15) is 0 Å². The van der Waals surface area contributed by atoms with Crippen LogP contribution < -0.4 is 5.32 Å². The Hall–Kier alpha value is -1.42. The van der Waals surface area contributed by atoms with Crippen LogP contribution in [0.25, 0.3) is 0 Å². The van der Waals surface area contributed by atoms with Gasteiger partial charge < -0.3 is 10.1 Å². The van der Waals surface area contributed by atoms with Crippen molar-refractivity contribution in [2.24, 2.45) is 5.92 Å². The lowest BCUT2D eigenvalue weighted by Crippen LogP contribution is -2.27. The number of nitrogens with one attached hydrogen (secondary N) is 1. The molecule has 2 nitrogen and oxygen atoms in total. The molecule has 3 atom stereocenters. The lowest BCUT2D eigenvalue weighted by molar-refractivity contribution is -0.00434. The summed E-state index contributed by atoms with van der Waals surface area (Å²) in [5.74, 6) is 0.344. The number of rotatable bonds is 6. The number of fused-ring (bicyclic) bond motifs is 1. The summed E-state index contributed by atoms with van der Waals surface area (Å²) in [5.41, 5.74) is 1.34. The average molecular weight is 299 g/mol. The molecule has 3 rings (SSSR count). The minimum atomic E-state index is 0.121. The standard InChI is InChI=1S/C18H21NOS/c1-19-12-11-17(18-10-5-13-21-18)20-16-9-4-7-14-6-2-3-8-15(14)16/h2-10,13,15-17,19H,11-12H2,1H3/t15?,16?,17-/m0/s1. The summed E-state index contributed by atoms with van der Waals surface area (Å²) in [4.78, 5) is 1.31. The van der Waals surface area contributed by atoms with Crippen LogP contribution in [0.15, 0.2) is 65.6 Å². The van der Waals surface area contributed by atoms with Gasteiger partial charge in [0, 0.05) is 10.8 Å². The van der Waals surface area contributed by atoms with E-state index in [1.807, 2.05) is 7.05 Å². The lowest BCUT2D eigenvalue weighted by Gasteiger charge is -2.31. The van der Waals surface area contributed by atoms with Gasteiger partial charge in [0.25, 0.3) is 0 Å². The molecule has 1 aromatic heterocycles. The Balaban J connectivity index is 1.73. The van der Waals surface area contributed by atoms with Crippen molar-refractivity contribution in [1.82, 2.24) is 5.32 Å². The average Bonchev–Trinajstić information content (AvgIpc) is 3.06. The number of ether oxygens (including phenoxy) is 1. The first kappa shape index (κ1) is 14.5. The van der Waals surface area contributed by atoms with E-state index in [1.165, 1.54) is 10.5 Å². The summed E-state index contributed by atoms with van der Waals surface area (Å²) in [6, 6.07) is 4.27. The summed E-state index contributed by atoms with van der Waals surface area (Å²) in [7, 11) is 1.99. The maximum absolute atomic E-state index is 6.46. The van der Waals surface area contributed by atoms with Crippen molar-refractivity contribution in [2.45, 2.75) is 18.6 Å². The number of allylic oxidation sites excluding steroid dienone is 5. The van der Waals surface area contributed by atoms with Gasteiger partial charge in [-0.15, -0.1) is 11.3 Å². The van der Waals surface area contributed by atoms with Crippen molar-refractivity contribution in [3.8, 4) is 0 Å². The normalized spacial score (nSPS) is 24.7. The number of hydrogen-bond acceptors (Lipinski definition) is 3. The molecule has 21 heavy (non-hydrogen) atoms. The molecule has 0 saturated carbocycles. The van der Waals surface area contributed by atoms with Crippen LogP contribution >= 0.6 is 11.3 Å². The van der Waals surface area contributed by atoms with Crippen molar-refractivity contribution < 1.29 is 4.74 Å². The van der Waals surface area contributed by atoms with Gasteiger partial charge in [-0.3, -0.25) is 0 Å². The van der Waals surface area contributed by atoms with Gasteiger partial charge in [-0.05, 0) is 37.0 Å². The van der Waals surface area contributed by atoms with Gasteiger partial charge in [0.15, 0.2) is 0 Å². The molecule has 0 aromatic carbocycles. The molecule has 0 amide bonds. The van der Waals surface area contributed by atoms with E-state index < -0.39 is 0 Å². The number of thiophene rings is 1. The fourth-order valence-corrected chi connectivity index (χ4v) is 3.58. The van der Waals surface area contributed by atoms with E-state index >= 15 is 0 Å². The van der Waals surface area contributed by atoms with Crippen molar-refractivity contribution in [3.05, 3.63) is 70.5 Å². The first-order chi connectivity index (χ1) is 10.4. The monoisotopic (exact) mass is 299 g/mol. The largest absolute Gasteiger partial charge is 0.364 e. The summed E-state index contributed by atoms with van der Waals surface area (Å²) < 4.78 is 6.46. The SMILES string of the molecule is CNCC[C@H](OC1C=CC=C2C=CC=CC21)c1cccs1. The van der Waals surface area contributed by atoms with Crippen LogP contribution in [-0.4, -0.2) is 19.7 Å². The van der Waals surface area contributed by atoms with E-state index in [0.717, 1.165) is 13.0 Å². The van der Waals surface area contributed by atoms with Crippen LogP contribution in [-0.2, 0) is 4.74 Å². The minimum Gasteiger partial charge on any atom is -0.364 e. The molecule has 0 bridgehead atoms. The molecule has 2 aliphatic carbocycles. The maximum atomic E-state index is 6.46. The van der Waals surface area contributed by atoms with Crippen LogP contribution in [0.1, 0.15) is 17.4 Å². The third-order valence-electron chi connectivity index (χ3n) is 3.88. The van der Waals surface area contributed by atoms with Gasteiger partial charge in [-0.1, -0.05) is 48.6 Å². The van der Waals surface area contributed by atoms with Crippen molar-refractivity contribution in [1.29, 1.82) is 0 Å². The third kappa shape index (κ3) is 3.43. The van der Waals surface area contributed by atoms with E-state index in [4.69, 9.17) is 4.74 Å². The molecule has 110 valence electrons. The fourth-order valence-electron chi connectivity index (χ4n) is 2.78. The van der Waals surface area contributed by atoms with Crippen LogP contribution in [0.4, 0.5) is 0 Å². The van der Waals surface area contributed by atoms with Crippen LogP contribution in [0.2, 0.25) is 0 Å². The van der Waals surface area contributed by atoms with E-state index in [1.54, 1.807) is 11.3 Å². The van der Waals surface area contributed by atoms with Gasteiger partial charge in [-0.25, -0.2) is 0 Å². The highest BCUT2D eigenvalue weighted by Gasteiger charge is 2.27. The van der Waals surface area contributed by atoms with Crippen LogP contribution in [0.3, 0.4) is 0 Å². The third-order valence-corrected chi connectivity index (χ3v) is 4.85. The topological polar surface area (TPSA) is 21.3 Å². The zero-order valence-electron chi connectivity index (χ0n) is 12.2. The second kappa shape index (κ2) is 7.03. The highest BCUT2D eigenvalue weighted by Crippen LogP contribution is 2.34. The molecule has 1 aromatic rings. The van der Waals surface area contributed by atoms with Crippen LogP contribution in [0.5, 0.6) is 0 Å². The van der Waals surface area contributed by atoms with Crippen molar-refractivity contribution in [2.75, 3.05) is 13.6 Å². The van der Waals surface area contributed by atoms with Crippen molar-refractivity contribution >= 4 is 11.3 Å². The summed E-state index contributed by atoms with van der Waals surface area (Å²) in [5, 5.41) is 5.35. The zero-order valence-corrected chi connectivity index (χ0v) is 13.1. The molecule has 2 aliphatic rings. The predicted molar refractivity (Wildman–Crippen MR) is 89.5 cm³/mol. The Morgan fingerprint density at radius 2 is 2.24 bits per heavy atom. The Morgan fingerprint density at radius 1 is 1.29 bits per heavy atom. The predicted octanol–water partition coefficient (Wildman–Crippen LogP) is 4.02. The number of hydrogen-bond donors (Lipinski definition) is 1. The van der Waals surface area contributed by atoms with E-state index in [-0.39, 0.29) is 12.2 Å². The molecule has 1 heterocycles. The second-order valence-electron chi connectivity index (χ2n) is 5.32. The highest BCUT2D eigenvalue weighted by molar-refractivity contribution is 7.10. The molecular weight excluding hydrogens is 278 g/mol. The Bertz CT molecular complexity index is 568. The lowest BCUT2D eigenvalue weighted by atomic mass is 9.86. The Kier molecular flexibility index (Phi) is 4.86. The highest BCUT2D eigenvalue weighted by atomic mass is 32.1. The molecule has 0 fully saturated rings. The van der Waals surface area contributed by atoms with Gasteiger partial charge in [0.2, 0.25) is 0 Å². The Morgan fingerprint density at radius 3 is 3.05 bits per heavy atom. The maximum Gasteiger partial charge on any atom is 0.0937 e. The minimum absolute atomic E-state index is 0.121. The van der Waals surface area contributed by atoms with E-state index in [2.05, 4.69) is 65.4 Å². The smallest absolute Gasteiger partial charge is 0.0937 e. The molecule has 0 radical (unpaired) electrons. The first-order valence-electron chi connectivity index (χ1n) is 7.45. The van der Waals surface area contributed by atoms with Gasteiger partial charge in [-0.2, -0.15) is 0 Å². The fraction of sp³-hybridized carbons (Fsp3) is 0.333. The van der Waals surface area contributed by atoms with Gasteiger partial charge in [0.05, 0.1) is 12.2 Å². The van der Waals surface area contributed by atoms with Gasteiger partial charge >= 0.3 is 0 Å².